The van der Waals surface area contributed by atoms with Crippen LogP contribution in [0.15, 0.2) is 36.7 Å². The van der Waals surface area contributed by atoms with Crippen molar-refractivity contribution in [2.24, 2.45) is 0 Å². The highest BCUT2D eigenvalue weighted by molar-refractivity contribution is 5.85. The van der Waals surface area contributed by atoms with E-state index in [2.05, 4.69) is 9.97 Å². The minimum atomic E-state index is -1.01. The molecule has 0 aliphatic rings. The number of rotatable bonds is 4. The quantitative estimate of drug-likeness (QED) is 0.865. The third-order valence-corrected chi connectivity index (χ3v) is 2.60. The Kier molecular flexibility index (Phi) is 4.10. The normalized spacial score (nSPS) is 10.7. The molecule has 1 aromatic heterocycles. The molecule has 0 aliphatic carbocycles. The van der Waals surface area contributed by atoms with E-state index in [1.54, 1.807) is 0 Å². The van der Waals surface area contributed by atoms with Gasteiger partial charge in [-0.2, -0.15) is 0 Å². The molecular formula is C15H14N2O3. The Morgan fingerprint density at radius 1 is 1.25 bits per heavy atom. The average Bonchev–Trinajstić information content (AvgIpc) is 2.41. The number of carboxylic acids is 1. The van der Waals surface area contributed by atoms with E-state index in [9.17, 15) is 4.79 Å². The van der Waals surface area contributed by atoms with Crippen molar-refractivity contribution in [3.05, 3.63) is 53.4 Å². The number of aromatic nitrogens is 2. The summed E-state index contributed by atoms with van der Waals surface area (Å²) in [6, 6.07) is 6.06. The Morgan fingerprint density at radius 3 is 2.55 bits per heavy atom. The molecule has 20 heavy (non-hydrogen) atoms. The van der Waals surface area contributed by atoms with E-state index in [0.717, 1.165) is 17.2 Å². The smallest absolute Gasteiger partial charge is 0.328 e. The average molecular weight is 270 g/mol. The van der Waals surface area contributed by atoms with Crippen LogP contribution in [-0.4, -0.2) is 21.0 Å². The van der Waals surface area contributed by atoms with Gasteiger partial charge in [0.1, 0.15) is 5.75 Å². The number of carboxylic acid groups (broad SMARTS) is 1. The molecule has 0 saturated carbocycles. The summed E-state index contributed by atoms with van der Waals surface area (Å²) in [5, 5.41) is 8.52. The van der Waals surface area contributed by atoms with Crippen molar-refractivity contribution in [3.63, 3.8) is 0 Å². The second-order valence-electron chi connectivity index (χ2n) is 4.34. The number of ether oxygens (including phenoxy) is 1. The van der Waals surface area contributed by atoms with Crippen molar-refractivity contribution in [1.82, 2.24) is 9.97 Å². The van der Waals surface area contributed by atoms with Crippen LogP contribution in [0.25, 0.3) is 6.08 Å². The first-order valence-corrected chi connectivity index (χ1v) is 6.03. The van der Waals surface area contributed by atoms with Gasteiger partial charge in [-0.05, 0) is 31.6 Å². The molecule has 2 aromatic rings. The van der Waals surface area contributed by atoms with Gasteiger partial charge in [0.2, 0.25) is 0 Å². The fourth-order valence-corrected chi connectivity index (χ4v) is 1.64. The number of benzene rings is 1. The van der Waals surface area contributed by atoms with Gasteiger partial charge < -0.3 is 9.84 Å². The molecule has 1 N–H and O–H groups in total. The van der Waals surface area contributed by atoms with Gasteiger partial charge in [-0.25, -0.2) is 14.8 Å². The fourth-order valence-electron chi connectivity index (χ4n) is 1.64. The molecule has 0 bridgehead atoms. The third-order valence-electron chi connectivity index (χ3n) is 2.60. The predicted octanol–water partition coefficient (Wildman–Crippen LogP) is 2.98. The van der Waals surface area contributed by atoms with Crippen LogP contribution in [0.1, 0.15) is 16.7 Å². The molecule has 2 rings (SSSR count). The molecule has 0 amide bonds. The molecule has 0 saturated heterocycles. The lowest BCUT2D eigenvalue weighted by Gasteiger charge is -2.07. The van der Waals surface area contributed by atoms with Gasteiger partial charge in [0.25, 0.3) is 0 Å². The molecule has 0 radical (unpaired) electrons. The topological polar surface area (TPSA) is 72.3 Å². The van der Waals surface area contributed by atoms with E-state index in [0.29, 0.717) is 11.3 Å². The minimum Gasteiger partial charge on any atom is -0.478 e. The maximum Gasteiger partial charge on any atom is 0.328 e. The summed E-state index contributed by atoms with van der Waals surface area (Å²) < 4.78 is 5.58. The van der Waals surface area contributed by atoms with Crippen LogP contribution in [0.2, 0.25) is 0 Å². The van der Waals surface area contributed by atoms with Crippen LogP contribution < -0.4 is 4.74 Å². The number of aryl methyl sites for hydroxylation is 2. The first kappa shape index (κ1) is 13.7. The van der Waals surface area contributed by atoms with E-state index >= 15 is 0 Å². The van der Waals surface area contributed by atoms with Crippen molar-refractivity contribution in [1.29, 1.82) is 0 Å². The summed E-state index contributed by atoms with van der Waals surface area (Å²) in [5.41, 5.74) is 2.76. The van der Waals surface area contributed by atoms with E-state index in [1.165, 1.54) is 18.5 Å². The van der Waals surface area contributed by atoms with Crippen LogP contribution in [-0.2, 0) is 4.79 Å². The molecular weight excluding hydrogens is 256 g/mol. The van der Waals surface area contributed by atoms with Crippen molar-refractivity contribution >= 4 is 12.0 Å². The standard InChI is InChI=1S/C15H14N2O3/c1-10-3-5-13(11(2)7-10)20-15-16-8-12(9-17-15)4-6-14(18)19/h3-9H,1-2H3,(H,18,19)/b6-4+. The lowest BCUT2D eigenvalue weighted by molar-refractivity contribution is -0.131. The van der Waals surface area contributed by atoms with E-state index in [-0.39, 0.29) is 6.01 Å². The molecule has 5 heteroatoms. The lowest BCUT2D eigenvalue weighted by Crippen LogP contribution is -1.94. The van der Waals surface area contributed by atoms with Crippen LogP contribution in [0.5, 0.6) is 11.8 Å². The highest BCUT2D eigenvalue weighted by Crippen LogP contribution is 2.23. The second-order valence-corrected chi connectivity index (χ2v) is 4.34. The zero-order chi connectivity index (χ0) is 14.5. The molecule has 5 nitrogen and oxygen atoms in total. The van der Waals surface area contributed by atoms with Crippen molar-refractivity contribution in [2.75, 3.05) is 0 Å². The van der Waals surface area contributed by atoms with Crippen LogP contribution in [0.4, 0.5) is 0 Å². The molecule has 0 aliphatic heterocycles. The number of hydrogen-bond donors (Lipinski definition) is 1. The largest absolute Gasteiger partial charge is 0.478 e. The molecule has 0 atom stereocenters. The monoisotopic (exact) mass is 270 g/mol. The first-order valence-electron chi connectivity index (χ1n) is 6.03. The second kappa shape index (κ2) is 5.97. The third kappa shape index (κ3) is 3.65. The zero-order valence-electron chi connectivity index (χ0n) is 11.2. The Balaban J connectivity index is 2.12. The van der Waals surface area contributed by atoms with Crippen LogP contribution in [0, 0.1) is 13.8 Å². The maximum absolute atomic E-state index is 10.4. The molecule has 1 aromatic carbocycles. The Morgan fingerprint density at radius 2 is 1.95 bits per heavy atom. The maximum atomic E-state index is 10.4. The van der Waals surface area contributed by atoms with E-state index in [4.69, 9.17) is 9.84 Å². The predicted molar refractivity (Wildman–Crippen MR) is 74.7 cm³/mol. The summed E-state index contributed by atoms with van der Waals surface area (Å²) in [5.74, 6) is -0.315. The number of aliphatic carboxylic acids is 1. The highest BCUT2D eigenvalue weighted by atomic mass is 16.5. The van der Waals surface area contributed by atoms with Gasteiger partial charge in [-0.1, -0.05) is 17.7 Å². The first-order chi connectivity index (χ1) is 9.54. The van der Waals surface area contributed by atoms with Gasteiger partial charge >= 0.3 is 12.0 Å². The summed E-state index contributed by atoms with van der Waals surface area (Å²) in [4.78, 5) is 18.5. The number of nitrogens with zero attached hydrogens (tertiary/aromatic N) is 2. The van der Waals surface area contributed by atoms with Crippen molar-refractivity contribution in [2.45, 2.75) is 13.8 Å². The summed E-state index contributed by atoms with van der Waals surface area (Å²) in [7, 11) is 0. The lowest BCUT2D eigenvalue weighted by atomic mass is 10.1. The van der Waals surface area contributed by atoms with Crippen LogP contribution >= 0.6 is 0 Å². The Labute approximate surface area is 116 Å². The molecule has 0 unspecified atom stereocenters. The van der Waals surface area contributed by atoms with Gasteiger partial charge in [0, 0.05) is 24.0 Å². The Hall–Kier alpha value is -2.69. The summed E-state index contributed by atoms with van der Waals surface area (Å²) in [6.07, 6.45) is 5.46. The SMILES string of the molecule is Cc1ccc(Oc2ncc(/C=C/C(=O)O)cn2)c(C)c1. The van der Waals surface area contributed by atoms with E-state index < -0.39 is 5.97 Å². The fraction of sp³-hybridized carbons (Fsp3) is 0.133. The van der Waals surface area contributed by atoms with Gasteiger partial charge in [0.05, 0.1) is 0 Å². The Bertz CT molecular complexity index is 649. The summed E-state index contributed by atoms with van der Waals surface area (Å²) in [6.45, 7) is 3.96. The van der Waals surface area contributed by atoms with Gasteiger partial charge in [-0.3, -0.25) is 0 Å². The molecule has 0 fully saturated rings. The van der Waals surface area contributed by atoms with Crippen molar-refractivity contribution < 1.29 is 14.6 Å². The van der Waals surface area contributed by atoms with Gasteiger partial charge in [0.15, 0.2) is 0 Å². The molecule has 1 heterocycles. The van der Waals surface area contributed by atoms with E-state index in [1.807, 2.05) is 32.0 Å². The summed E-state index contributed by atoms with van der Waals surface area (Å²) >= 11 is 0. The molecule has 0 spiro atoms. The zero-order valence-corrected chi connectivity index (χ0v) is 11.2. The number of carbonyl (C=O) groups is 1. The van der Waals surface area contributed by atoms with Crippen molar-refractivity contribution in [3.8, 4) is 11.8 Å². The molecule has 102 valence electrons. The highest BCUT2D eigenvalue weighted by Gasteiger charge is 2.03. The number of hydrogen-bond acceptors (Lipinski definition) is 4. The van der Waals surface area contributed by atoms with Crippen LogP contribution in [0.3, 0.4) is 0 Å². The minimum absolute atomic E-state index is 0.226. The van der Waals surface area contributed by atoms with Gasteiger partial charge in [-0.15, -0.1) is 0 Å².